The fraction of sp³-hybridized carbons (Fsp3) is 0.667. The number of aromatic nitrogens is 1. The smallest absolute Gasteiger partial charge is 0.182 e. The minimum absolute atomic E-state index is 0.213. The maximum Gasteiger partial charge on any atom is 0.182 e. The van der Waals surface area contributed by atoms with Crippen molar-refractivity contribution in [3.8, 4) is 0 Å². The lowest BCUT2D eigenvalue weighted by molar-refractivity contribution is 0.0166. The summed E-state index contributed by atoms with van der Waals surface area (Å²) in [6.45, 7) is 2.91. The molecule has 1 unspecified atom stereocenters. The van der Waals surface area contributed by atoms with Crippen molar-refractivity contribution in [2.75, 3.05) is 6.61 Å². The predicted octanol–water partition coefficient (Wildman–Crippen LogP) is 2.69. The van der Waals surface area contributed by atoms with E-state index in [2.05, 4.69) is 11.9 Å². The molecule has 86 valence electrons. The average Bonchev–Trinajstić information content (AvgIpc) is 2.85. The standard InChI is InChI=1S/C12H15NO2S/c1-12(6-3-7-15-12)11-13-10-8(14)4-2-5-9(10)16-11/h2-7H2,1H3. The first-order chi connectivity index (χ1) is 7.69. The van der Waals surface area contributed by atoms with Gasteiger partial charge in [-0.1, -0.05) is 0 Å². The second-order valence-corrected chi connectivity index (χ2v) is 5.83. The summed E-state index contributed by atoms with van der Waals surface area (Å²) in [5.74, 6) is 0.213. The molecule has 1 aromatic heterocycles. The molecule has 2 heterocycles. The van der Waals surface area contributed by atoms with E-state index in [9.17, 15) is 4.79 Å². The Labute approximate surface area is 98.8 Å². The number of hydrogen-bond donors (Lipinski definition) is 0. The van der Waals surface area contributed by atoms with Gasteiger partial charge in [0, 0.05) is 17.9 Å². The van der Waals surface area contributed by atoms with Crippen molar-refractivity contribution in [2.45, 2.75) is 44.6 Å². The molecule has 16 heavy (non-hydrogen) atoms. The summed E-state index contributed by atoms with van der Waals surface area (Å²) in [5.41, 5.74) is 0.491. The van der Waals surface area contributed by atoms with Gasteiger partial charge in [0.1, 0.15) is 16.3 Å². The van der Waals surface area contributed by atoms with Gasteiger partial charge in [-0.15, -0.1) is 11.3 Å². The van der Waals surface area contributed by atoms with Gasteiger partial charge in [-0.05, 0) is 32.6 Å². The largest absolute Gasteiger partial charge is 0.368 e. The van der Waals surface area contributed by atoms with E-state index in [4.69, 9.17) is 4.74 Å². The van der Waals surface area contributed by atoms with Crippen LogP contribution < -0.4 is 0 Å². The van der Waals surface area contributed by atoms with Crippen LogP contribution in [0.1, 0.15) is 53.0 Å². The number of nitrogens with zero attached hydrogens (tertiary/aromatic N) is 1. The third-order valence-electron chi connectivity index (χ3n) is 3.44. The van der Waals surface area contributed by atoms with Gasteiger partial charge in [0.15, 0.2) is 5.78 Å². The molecule has 2 aliphatic rings. The molecule has 3 nitrogen and oxygen atoms in total. The van der Waals surface area contributed by atoms with Crippen LogP contribution in [0, 0.1) is 0 Å². The van der Waals surface area contributed by atoms with Gasteiger partial charge >= 0.3 is 0 Å². The molecule has 0 aromatic carbocycles. The van der Waals surface area contributed by atoms with Crippen LogP contribution in [0.4, 0.5) is 0 Å². The number of ketones is 1. The molecule has 0 bridgehead atoms. The molecule has 1 aliphatic carbocycles. The van der Waals surface area contributed by atoms with E-state index in [0.29, 0.717) is 6.42 Å². The van der Waals surface area contributed by atoms with Crippen molar-refractivity contribution < 1.29 is 9.53 Å². The fourth-order valence-electron chi connectivity index (χ4n) is 2.44. The van der Waals surface area contributed by atoms with Crippen LogP contribution in [0.25, 0.3) is 0 Å². The van der Waals surface area contributed by atoms with E-state index in [1.165, 1.54) is 4.88 Å². The fourth-order valence-corrected chi connectivity index (χ4v) is 3.69. The number of ether oxygens (including phenoxy) is 1. The Morgan fingerprint density at radius 2 is 2.25 bits per heavy atom. The van der Waals surface area contributed by atoms with Crippen LogP contribution in [-0.4, -0.2) is 17.4 Å². The Balaban J connectivity index is 2.00. The molecule has 0 radical (unpaired) electrons. The van der Waals surface area contributed by atoms with Gasteiger partial charge in [0.05, 0.1) is 0 Å². The number of carbonyl (C=O) groups excluding carboxylic acids is 1. The van der Waals surface area contributed by atoms with Gasteiger partial charge in [-0.3, -0.25) is 4.79 Å². The van der Waals surface area contributed by atoms with Gasteiger partial charge in [0.25, 0.3) is 0 Å². The van der Waals surface area contributed by atoms with Gasteiger partial charge in [0.2, 0.25) is 0 Å². The number of thiazole rings is 1. The van der Waals surface area contributed by atoms with Gasteiger partial charge < -0.3 is 4.74 Å². The second-order valence-electron chi connectivity index (χ2n) is 4.75. The Hall–Kier alpha value is -0.740. The zero-order chi connectivity index (χ0) is 11.2. The van der Waals surface area contributed by atoms with Gasteiger partial charge in [-0.2, -0.15) is 0 Å². The number of fused-ring (bicyclic) bond motifs is 1. The summed E-state index contributed by atoms with van der Waals surface area (Å²) in [7, 11) is 0. The SMILES string of the molecule is CC1(c2nc3c(s2)CCCC3=O)CCCO1. The van der Waals surface area contributed by atoms with E-state index in [0.717, 1.165) is 43.0 Å². The lowest BCUT2D eigenvalue weighted by Crippen LogP contribution is -2.19. The molecule has 3 rings (SSSR count). The molecular weight excluding hydrogens is 222 g/mol. The summed E-state index contributed by atoms with van der Waals surface area (Å²) < 4.78 is 5.78. The zero-order valence-corrected chi connectivity index (χ0v) is 10.2. The van der Waals surface area contributed by atoms with Crippen LogP contribution >= 0.6 is 11.3 Å². The molecule has 1 saturated heterocycles. The number of Topliss-reactive ketones (excluding diaryl/α,β-unsaturated/α-hetero) is 1. The van der Waals surface area contributed by atoms with E-state index >= 15 is 0 Å². The van der Waals surface area contributed by atoms with Crippen molar-refractivity contribution in [3.05, 3.63) is 15.6 Å². The molecular formula is C12H15NO2S. The minimum atomic E-state index is -0.234. The Morgan fingerprint density at radius 1 is 1.38 bits per heavy atom. The average molecular weight is 237 g/mol. The number of carbonyl (C=O) groups is 1. The number of hydrogen-bond acceptors (Lipinski definition) is 4. The zero-order valence-electron chi connectivity index (χ0n) is 9.41. The number of aryl methyl sites for hydroxylation is 1. The molecule has 1 atom stereocenters. The van der Waals surface area contributed by atoms with Crippen molar-refractivity contribution in [2.24, 2.45) is 0 Å². The van der Waals surface area contributed by atoms with Gasteiger partial charge in [-0.25, -0.2) is 4.98 Å². The van der Waals surface area contributed by atoms with Crippen molar-refractivity contribution in [3.63, 3.8) is 0 Å². The summed E-state index contributed by atoms with van der Waals surface area (Å²) in [6, 6.07) is 0. The highest BCUT2D eigenvalue weighted by Crippen LogP contribution is 2.40. The van der Waals surface area contributed by atoms with Crippen molar-refractivity contribution in [1.29, 1.82) is 0 Å². The second kappa shape index (κ2) is 3.64. The highest BCUT2D eigenvalue weighted by atomic mass is 32.1. The van der Waals surface area contributed by atoms with Crippen LogP contribution in [0.2, 0.25) is 0 Å². The topological polar surface area (TPSA) is 39.2 Å². The van der Waals surface area contributed by atoms with E-state index in [1.54, 1.807) is 11.3 Å². The molecule has 4 heteroatoms. The van der Waals surface area contributed by atoms with Crippen LogP contribution in [0.5, 0.6) is 0 Å². The lowest BCUT2D eigenvalue weighted by Gasteiger charge is -2.19. The normalized spacial score (nSPS) is 29.4. The molecule has 0 spiro atoms. The van der Waals surface area contributed by atoms with Crippen LogP contribution in [-0.2, 0) is 16.8 Å². The summed E-state index contributed by atoms with van der Waals surface area (Å²) in [4.78, 5) is 17.4. The minimum Gasteiger partial charge on any atom is -0.368 e. The van der Waals surface area contributed by atoms with E-state index in [1.807, 2.05) is 0 Å². The molecule has 0 saturated carbocycles. The maximum atomic E-state index is 11.7. The summed E-state index contributed by atoms with van der Waals surface area (Å²) in [6.07, 6.45) is 4.76. The first-order valence-corrected chi connectivity index (χ1v) is 6.68. The predicted molar refractivity (Wildman–Crippen MR) is 61.9 cm³/mol. The van der Waals surface area contributed by atoms with E-state index < -0.39 is 0 Å². The van der Waals surface area contributed by atoms with E-state index in [-0.39, 0.29) is 11.4 Å². The summed E-state index contributed by atoms with van der Waals surface area (Å²) in [5, 5.41) is 1.00. The van der Waals surface area contributed by atoms with Crippen molar-refractivity contribution in [1.82, 2.24) is 4.98 Å². The Morgan fingerprint density at radius 3 is 2.94 bits per heavy atom. The highest BCUT2D eigenvalue weighted by Gasteiger charge is 2.36. The molecule has 1 fully saturated rings. The third kappa shape index (κ3) is 1.52. The Bertz CT molecular complexity index is 432. The quantitative estimate of drug-likeness (QED) is 0.754. The number of rotatable bonds is 1. The monoisotopic (exact) mass is 237 g/mol. The van der Waals surface area contributed by atoms with Crippen LogP contribution in [0.3, 0.4) is 0 Å². The maximum absolute atomic E-state index is 11.7. The first-order valence-electron chi connectivity index (χ1n) is 5.86. The molecule has 1 aromatic rings. The Kier molecular flexibility index (Phi) is 2.37. The first kappa shape index (κ1) is 10.4. The molecule has 1 aliphatic heterocycles. The van der Waals surface area contributed by atoms with Crippen molar-refractivity contribution >= 4 is 17.1 Å². The third-order valence-corrected chi connectivity index (χ3v) is 4.80. The molecule has 0 N–H and O–H groups in total. The van der Waals surface area contributed by atoms with Crippen LogP contribution in [0.15, 0.2) is 0 Å². The summed E-state index contributed by atoms with van der Waals surface area (Å²) >= 11 is 1.68. The highest BCUT2D eigenvalue weighted by molar-refractivity contribution is 7.12. The lowest BCUT2D eigenvalue weighted by atomic mass is 10.0. The molecule has 0 amide bonds.